The standard InChI is InChI=1S/C16H21N5O3/c1-16(2,3)24-15(23)21-10-8-20(9-11-21)14(22)12-6-4-5-7-13(12)18-19-17/h4-7H,8-11H2,1-3H3. The minimum atomic E-state index is -0.543. The van der Waals surface area contributed by atoms with Gasteiger partial charge in [0.15, 0.2) is 0 Å². The summed E-state index contributed by atoms with van der Waals surface area (Å²) >= 11 is 0. The number of carbonyl (C=O) groups is 2. The molecule has 1 fully saturated rings. The molecule has 2 rings (SSSR count). The zero-order valence-corrected chi connectivity index (χ0v) is 14.1. The van der Waals surface area contributed by atoms with Crippen molar-refractivity contribution in [3.63, 3.8) is 0 Å². The van der Waals surface area contributed by atoms with Gasteiger partial charge in [0.25, 0.3) is 5.91 Å². The molecule has 24 heavy (non-hydrogen) atoms. The normalized spacial score (nSPS) is 14.8. The van der Waals surface area contributed by atoms with E-state index in [4.69, 9.17) is 10.3 Å². The second-order valence-corrected chi connectivity index (χ2v) is 6.47. The third-order valence-corrected chi connectivity index (χ3v) is 3.51. The molecule has 1 aromatic rings. The predicted octanol–water partition coefficient (Wildman–Crippen LogP) is 3.32. The van der Waals surface area contributed by atoms with Gasteiger partial charge in [0.05, 0.1) is 5.69 Å². The minimum absolute atomic E-state index is 0.207. The van der Waals surface area contributed by atoms with E-state index in [1.165, 1.54) is 0 Å². The summed E-state index contributed by atoms with van der Waals surface area (Å²) in [4.78, 5) is 30.6. The van der Waals surface area contributed by atoms with E-state index < -0.39 is 5.60 Å². The number of carbonyl (C=O) groups excluding carboxylic acids is 2. The van der Waals surface area contributed by atoms with E-state index in [-0.39, 0.29) is 12.0 Å². The average molecular weight is 331 g/mol. The van der Waals surface area contributed by atoms with Gasteiger partial charge >= 0.3 is 6.09 Å². The Morgan fingerprint density at radius 1 is 1.12 bits per heavy atom. The van der Waals surface area contributed by atoms with Crippen LogP contribution in [0, 0.1) is 0 Å². The Morgan fingerprint density at radius 2 is 1.71 bits per heavy atom. The van der Waals surface area contributed by atoms with Crippen LogP contribution in [-0.4, -0.2) is 53.6 Å². The number of benzene rings is 1. The summed E-state index contributed by atoms with van der Waals surface area (Å²) in [6.45, 7) is 7.08. The molecule has 0 saturated carbocycles. The number of rotatable bonds is 2. The molecule has 1 aromatic carbocycles. The third kappa shape index (κ3) is 4.39. The molecule has 0 unspecified atom stereocenters. The molecule has 0 radical (unpaired) electrons. The highest BCUT2D eigenvalue weighted by Crippen LogP contribution is 2.21. The fourth-order valence-electron chi connectivity index (χ4n) is 2.38. The van der Waals surface area contributed by atoms with Crippen molar-refractivity contribution in [2.75, 3.05) is 26.2 Å². The number of azide groups is 1. The number of ether oxygens (including phenoxy) is 1. The van der Waals surface area contributed by atoms with Crippen LogP contribution in [0.5, 0.6) is 0 Å². The number of piperazine rings is 1. The largest absolute Gasteiger partial charge is 0.444 e. The first-order valence-electron chi connectivity index (χ1n) is 7.73. The smallest absolute Gasteiger partial charge is 0.410 e. The van der Waals surface area contributed by atoms with Gasteiger partial charge in [-0.2, -0.15) is 0 Å². The number of nitrogens with zero attached hydrogens (tertiary/aromatic N) is 5. The second kappa shape index (κ2) is 7.23. The van der Waals surface area contributed by atoms with E-state index in [0.717, 1.165) is 0 Å². The summed E-state index contributed by atoms with van der Waals surface area (Å²) in [5, 5.41) is 3.55. The molecule has 0 N–H and O–H groups in total. The first kappa shape index (κ1) is 17.6. The van der Waals surface area contributed by atoms with E-state index in [1.54, 1.807) is 34.1 Å². The Hall–Kier alpha value is -2.73. The van der Waals surface area contributed by atoms with Gasteiger partial charge in [-0.1, -0.05) is 23.3 Å². The molecule has 1 saturated heterocycles. The first-order valence-corrected chi connectivity index (χ1v) is 7.73. The molecular weight excluding hydrogens is 310 g/mol. The Labute approximate surface area is 140 Å². The van der Waals surface area contributed by atoms with Crippen molar-refractivity contribution in [2.24, 2.45) is 5.11 Å². The zero-order valence-electron chi connectivity index (χ0n) is 14.1. The van der Waals surface area contributed by atoms with Gasteiger partial charge in [0, 0.05) is 36.7 Å². The van der Waals surface area contributed by atoms with Crippen LogP contribution in [0.1, 0.15) is 31.1 Å². The fraction of sp³-hybridized carbons (Fsp3) is 0.500. The second-order valence-electron chi connectivity index (χ2n) is 6.47. The van der Waals surface area contributed by atoms with Crippen molar-refractivity contribution >= 4 is 17.7 Å². The maximum Gasteiger partial charge on any atom is 0.410 e. The summed E-state index contributed by atoms with van der Waals surface area (Å²) in [5.41, 5.74) is 8.72. The average Bonchev–Trinajstić information content (AvgIpc) is 2.54. The van der Waals surface area contributed by atoms with Crippen LogP contribution in [0.25, 0.3) is 10.4 Å². The van der Waals surface area contributed by atoms with E-state index in [0.29, 0.717) is 37.4 Å². The van der Waals surface area contributed by atoms with E-state index in [9.17, 15) is 9.59 Å². The molecule has 0 spiro atoms. The Balaban J connectivity index is 2.01. The molecule has 0 bridgehead atoms. The summed E-state index contributed by atoms with van der Waals surface area (Å²) in [7, 11) is 0. The van der Waals surface area contributed by atoms with Crippen molar-refractivity contribution in [3.05, 3.63) is 40.3 Å². The van der Waals surface area contributed by atoms with Crippen LogP contribution in [0.15, 0.2) is 29.4 Å². The van der Waals surface area contributed by atoms with E-state index in [1.807, 2.05) is 20.8 Å². The molecular formula is C16H21N5O3. The molecule has 0 atom stereocenters. The van der Waals surface area contributed by atoms with Crippen molar-refractivity contribution in [2.45, 2.75) is 26.4 Å². The quantitative estimate of drug-likeness (QED) is 0.472. The van der Waals surface area contributed by atoms with Crippen LogP contribution in [0.3, 0.4) is 0 Å². The Morgan fingerprint density at radius 3 is 2.29 bits per heavy atom. The lowest BCUT2D eigenvalue weighted by Gasteiger charge is -2.35. The van der Waals surface area contributed by atoms with Gasteiger partial charge < -0.3 is 14.5 Å². The van der Waals surface area contributed by atoms with Gasteiger partial charge in [-0.05, 0) is 32.4 Å². The van der Waals surface area contributed by atoms with Crippen molar-refractivity contribution in [1.82, 2.24) is 9.80 Å². The Kier molecular flexibility index (Phi) is 5.31. The summed E-state index contributed by atoms with van der Waals surface area (Å²) in [5.74, 6) is -0.207. The van der Waals surface area contributed by atoms with E-state index >= 15 is 0 Å². The van der Waals surface area contributed by atoms with Crippen molar-refractivity contribution in [3.8, 4) is 0 Å². The Bertz CT molecular complexity index is 669. The van der Waals surface area contributed by atoms with Crippen LogP contribution in [0.2, 0.25) is 0 Å². The monoisotopic (exact) mass is 331 g/mol. The highest BCUT2D eigenvalue weighted by Gasteiger charge is 2.28. The van der Waals surface area contributed by atoms with Crippen LogP contribution >= 0.6 is 0 Å². The van der Waals surface area contributed by atoms with Crippen molar-refractivity contribution < 1.29 is 14.3 Å². The molecule has 2 amide bonds. The van der Waals surface area contributed by atoms with Gasteiger partial charge in [0.2, 0.25) is 0 Å². The number of hydrogen-bond donors (Lipinski definition) is 0. The molecule has 8 heteroatoms. The SMILES string of the molecule is CC(C)(C)OC(=O)N1CCN(C(=O)c2ccccc2N=[N+]=[N-])CC1. The summed E-state index contributed by atoms with van der Waals surface area (Å²) in [6.07, 6.45) is -0.371. The minimum Gasteiger partial charge on any atom is -0.444 e. The molecule has 1 aliphatic heterocycles. The molecule has 1 heterocycles. The number of amides is 2. The van der Waals surface area contributed by atoms with Crippen molar-refractivity contribution in [1.29, 1.82) is 0 Å². The third-order valence-electron chi connectivity index (χ3n) is 3.51. The van der Waals surface area contributed by atoms with E-state index in [2.05, 4.69) is 10.0 Å². The van der Waals surface area contributed by atoms with Gasteiger partial charge in [-0.25, -0.2) is 4.79 Å². The molecule has 0 aromatic heterocycles. The first-order chi connectivity index (χ1) is 11.3. The molecule has 1 aliphatic rings. The van der Waals surface area contributed by atoms with Gasteiger partial charge in [-0.3, -0.25) is 4.79 Å². The highest BCUT2D eigenvalue weighted by atomic mass is 16.6. The maximum absolute atomic E-state index is 12.6. The summed E-state index contributed by atoms with van der Waals surface area (Å²) in [6, 6.07) is 6.66. The zero-order chi connectivity index (χ0) is 17.7. The fourth-order valence-corrected chi connectivity index (χ4v) is 2.38. The van der Waals surface area contributed by atoms with Crippen LogP contribution in [-0.2, 0) is 4.74 Å². The maximum atomic E-state index is 12.6. The lowest BCUT2D eigenvalue weighted by Crippen LogP contribution is -2.51. The highest BCUT2D eigenvalue weighted by molar-refractivity contribution is 5.99. The molecule has 0 aliphatic carbocycles. The summed E-state index contributed by atoms with van der Waals surface area (Å²) < 4.78 is 5.34. The topological polar surface area (TPSA) is 98.6 Å². The lowest BCUT2D eigenvalue weighted by atomic mass is 10.1. The lowest BCUT2D eigenvalue weighted by molar-refractivity contribution is 0.0141. The predicted molar refractivity (Wildman–Crippen MR) is 89.0 cm³/mol. The molecule has 128 valence electrons. The van der Waals surface area contributed by atoms with Gasteiger partial charge in [-0.15, -0.1) is 0 Å². The molecule has 8 nitrogen and oxygen atoms in total. The number of hydrogen-bond acceptors (Lipinski definition) is 4. The van der Waals surface area contributed by atoms with Gasteiger partial charge in [0.1, 0.15) is 5.60 Å². The van der Waals surface area contributed by atoms with Crippen LogP contribution < -0.4 is 0 Å². The van der Waals surface area contributed by atoms with Crippen LogP contribution in [0.4, 0.5) is 10.5 Å².